The van der Waals surface area contributed by atoms with E-state index >= 15 is 0 Å². The van der Waals surface area contributed by atoms with Crippen LogP contribution in [0.2, 0.25) is 0 Å². The number of hydrogen-bond acceptors (Lipinski definition) is 4. The first-order valence-electron chi connectivity index (χ1n) is 10.2. The molecule has 0 saturated heterocycles. The molecule has 0 radical (unpaired) electrons. The summed E-state index contributed by atoms with van der Waals surface area (Å²) in [6.45, 7) is 0.598. The van der Waals surface area contributed by atoms with Crippen molar-refractivity contribution in [2.24, 2.45) is 0 Å². The van der Waals surface area contributed by atoms with Crippen LogP contribution >= 0.6 is 0 Å². The summed E-state index contributed by atoms with van der Waals surface area (Å²) >= 11 is 0. The molecule has 2 aromatic carbocycles. The zero-order chi connectivity index (χ0) is 21.1. The number of fused-ring (bicyclic) bond motifs is 1. The van der Waals surface area contributed by atoms with Gasteiger partial charge in [-0.1, -0.05) is 24.3 Å². The number of ether oxygens (including phenoxy) is 2. The molecule has 1 aromatic heterocycles. The number of amides is 1. The number of nitrogens with zero attached hydrogens (tertiary/aromatic N) is 3. The molecule has 0 atom stereocenters. The van der Waals surface area contributed by atoms with Crippen LogP contribution in [0.5, 0.6) is 11.5 Å². The second-order valence-electron chi connectivity index (χ2n) is 7.54. The van der Waals surface area contributed by atoms with Crippen LogP contribution in [-0.2, 0) is 19.3 Å². The summed E-state index contributed by atoms with van der Waals surface area (Å²) in [5, 5.41) is 4.72. The molecule has 0 unspecified atom stereocenters. The van der Waals surface area contributed by atoms with E-state index in [0.29, 0.717) is 23.7 Å². The Labute approximate surface area is 177 Å². The van der Waals surface area contributed by atoms with Crippen molar-refractivity contribution in [3.05, 3.63) is 71.0 Å². The van der Waals surface area contributed by atoms with Crippen molar-refractivity contribution in [2.45, 2.75) is 25.7 Å². The average molecular weight is 405 g/mol. The second-order valence-corrected chi connectivity index (χ2v) is 7.54. The largest absolute Gasteiger partial charge is 0.493 e. The molecule has 6 nitrogen and oxygen atoms in total. The Hall–Kier alpha value is -3.28. The third kappa shape index (κ3) is 3.77. The van der Waals surface area contributed by atoms with E-state index in [1.165, 1.54) is 0 Å². The van der Waals surface area contributed by atoms with Crippen LogP contribution in [0.25, 0.3) is 5.69 Å². The van der Waals surface area contributed by atoms with Gasteiger partial charge in [-0.25, -0.2) is 4.68 Å². The Balaban J connectivity index is 1.51. The summed E-state index contributed by atoms with van der Waals surface area (Å²) in [7, 11) is 5.09. The maximum Gasteiger partial charge on any atom is 0.274 e. The number of benzene rings is 2. The van der Waals surface area contributed by atoms with Gasteiger partial charge in [0.25, 0.3) is 5.91 Å². The molecule has 3 aromatic rings. The van der Waals surface area contributed by atoms with Gasteiger partial charge in [-0.15, -0.1) is 0 Å². The van der Waals surface area contributed by atoms with Gasteiger partial charge in [0.15, 0.2) is 17.2 Å². The Morgan fingerprint density at radius 2 is 1.83 bits per heavy atom. The first-order valence-corrected chi connectivity index (χ1v) is 10.2. The average Bonchev–Trinajstić information content (AvgIpc) is 3.40. The minimum atomic E-state index is -0.0247. The Bertz CT molecular complexity index is 1040. The molecule has 0 bridgehead atoms. The molecule has 0 N–H and O–H groups in total. The van der Waals surface area contributed by atoms with Crippen LogP contribution in [0.3, 0.4) is 0 Å². The molecular formula is C24H27N3O3. The summed E-state index contributed by atoms with van der Waals surface area (Å²) in [4.78, 5) is 15.0. The number of carbonyl (C=O) groups is 1. The van der Waals surface area contributed by atoms with E-state index in [9.17, 15) is 4.79 Å². The van der Waals surface area contributed by atoms with Gasteiger partial charge in [-0.3, -0.25) is 4.79 Å². The highest BCUT2D eigenvalue weighted by atomic mass is 16.5. The highest BCUT2D eigenvalue weighted by Crippen LogP contribution is 2.29. The number of methoxy groups -OCH3 is 2. The fourth-order valence-corrected chi connectivity index (χ4v) is 4.01. The van der Waals surface area contributed by atoms with Gasteiger partial charge in [-0.2, -0.15) is 5.10 Å². The third-order valence-electron chi connectivity index (χ3n) is 5.66. The van der Waals surface area contributed by atoms with Gasteiger partial charge in [0.05, 0.1) is 19.9 Å². The van der Waals surface area contributed by atoms with Crippen molar-refractivity contribution in [1.29, 1.82) is 0 Å². The summed E-state index contributed by atoms with van der Waals surface area (Å²) in [5.74, 6) is 1.37. The second kappa shape index (κ2) is 8.61. The minimum Gasteiger partial charge on any atom is -0.493 e. The quantitative estimate of drug-likeness (QED) is 0.602. The number of aromatic nitrogens is 2. The summed E-state index contributed by atoms with van der Waals surface area (Å²) < 4.78 is 12.6. The Morgan fingerprint density at radius 1 is 1.07 bits per heavy atom. The standard InChI is InChI=1S/C24H27N3O3/c1-26(15-14-17-12-13-21(29-2)22(16-17)30-3)24(28)23-19-10-7-11-20(19)27(25-23)18-8-5-4-6-9-18/h4-6,8-9,12-13,16H,7,10-11,14-15H2,1-3H3. The third-order valence-corrected chi connectivity index (χ3v) is 5.66. The lowest BCUT2D eigenvalue weighted by atomic mass is 10.1. The SMILES string of the molecule is COc1ccc(CCN(C)C(=O)c2nn(-c3ccccc3)c3c2CCC3)cc1OC. The molecule has 0 saturated carbocycles. The lowest BCUT2D eigenvalue weighted by Crippen LogP contribution is -2.30. The first-order chi connectivity index (χ1) is 14.6. The normalized spacial score (nSPS) is 12.5. The molecule has 30 heavy (non-hydrogen) atoms. The number of rotatable bonds is 7. The monoisotopic (exact) mass is 405 g/mol. The van der Waals surface area contributed by atoms with Crippen LogP contribution in [0.4, 0.5) is 0 Å². The van der Waals surface area contributed by atoms with Gasteiger partial charge in [0, 0.05) is 24.8 Å². The molecule has 0 spiro atoms. The highest BCUT2D eigenvalue weighted by Gasteiger charge is 2.28. The van der Waals surface area contributed by atoms with Crippen LogP contribution in [0, 0.1) is 0 Å². The molecular weight excluding hydrogens is 378 g/mol. The van der Waals surface area contributed by atoms with E-state index < -0.39 is 0 Å². The Kier molecular flexibility index (Phi) is 5.74. The molecule has 156 valence electrons. The fraction of sp³-hybridized carbons (Fsp3) is 0.333. The highest BCUT2D eigenvalue weighted by molar-refractivity contribution is 5.94. The number of para-hydroxylation sites is 1. The van der Waals surface area contributed by atoms with Gasteiger partial charge >= 0.3 is 0 Å². The van der Waals surface area contributed by atoms with Crippen molar-refractivity contribution in [3.8, 4) is 17.2 Å². The molecule has 1 aliphatic rings. The Morgan fingerprint density at radius 3 is 2.57 bits per heavy atom. The smallest absolute Gasteiger partial charge is 0.274 e. The van der Waals surface area contributed by atoms with Crippen LogP contribution in [0.1, 0.15) is 33.7 Å². The minimum absolute atomic E-state index is 0.0247. The molecule has 6 heteroatoms. The molecule has 1 heterocycles. The van der Waals surface area contributed by atoms with Gasteiger partial charge in [0.2, 0.25) is 0 Å². The van der Waals surface area contributed by atoms with Crippen molar-refractivity contribution < 1.29 is 14.3 Å². The van der Waals surface area contributed by atoms with E-state index in [0.717, 1.165) is 48.2 Å². The van der Waals surface area contributed by atoms with E-state index in [1.54, 1.807) is 19.1 Å². The number of likely N-dealkylation sites (N-methyl/N-ethyl adjacent to an activating group) is 1. The first kappa shape index (κ1) is 20.0. The molecule has 4 rings (SSSR count). The maximum atomic E-state index is 13.2. The van der Waals surface area contributed by atoms with Crippen LogP contribution in [0.15, 0.2) is 48.5 Å². The van der Waals surface area contributed by atoms with E-state index in [4.69, 9.17) is 14.6 Å². The van der Waals surface area contributed by atoms with Crippen molar-refractivity contribution in [2.75, 3.05) is 27.8 Å². The van der Waals surface area contributed by atoms with Crippen molar-refractivity contribution >= 4 is 5.91 Å². The molecule has 1 aliphatic carbocycles. The summed E-state index contributed by atoms with van der Waals surface area (Å²) in [5.41, 5.74) is 4.94. The molecule has 0 aliphatic heterocycles. The van der Waals surface area contributed by atoms with Crippen molar-refractivity contribution in [3.63, 3.8) is 0 Å². The predicted octanol–water partition coefficient (Wildman–Crippen LogP) is 3.69. The zero-order valence-electron chi connectivity index (χ0n) is 17.7. The van der Waals surface area contributed by atoms with Crippen LogP contribution in [-0.4, -0.2) is 48.4 Å². The lowest BCUT2D eigenvalue weighted by Gasteiger charge is -2.17. The molecule has 1 amide bonds. The lowest BCUT2D eigenvalue weighted by molar-refractivity contribution is 0.0789. The van der Waals surface area contributed by atoms with Gasteiger partial charge < -0.3 is 14.4 Å². The van der Waals surface area contributed by atoms with E-state index in [1.807, 2.05) is 60.3 Å². The zero-order valence-corrected chi connectivity index (χ0v) is 17.7. The summed E-state index contributed by atoms with van der Waals surface area (Å²) in [6, 6.07) is 15.9. The topological polar surface area (TPSA) is 56.6 Å². The fourth-order valence-electron chi connectivity index (χ4n) is 4.01. The molecule has 0 fully saturated rings. The summed E-state index contributed by atoms with van der Waals surface area (Å²) in [6.07, 6.45) is 3.66. The number of carbonyl (C=O) groups excluding carboxylic acids is 1. The number of hydrogen-bond donors (Lipinski definition) is 0. The van der Waals surface area contributed by atoms with E-state index in [-0.39, 0.29) is 5.91 Å². The van der Waals surface area contributed by atoms with Gasteiger partial charge in [0.1, 0.15) is 0 Å². The predicted molar refractivity (Wildman–Crippen MR) is 116 cm³/mol. The van der Waals surface area contributed by atoms with Crippen LogP contribution < -0.4 is 9.47 Å². The maximum absolute atomic E-state index is 13.2. The van der Waals surface area contributed by atoms with Gasteiger partial charge in [-0.05, 0) is 55.5 Å². The van der Waals surface area contributed by atoms with Crippen molar-refractivity contribution in [1.82, 2.24) is 14.7 Å². The van der Waals surface area contributed by atoms with E-state index in [2.05, 4.69) is 0 Å².